The topological polar surface area (TPSA) is 56.8 Å². The molecule has 1 fully saturated rings. The lowest BCUT2D eigenvalue weighted by Gasteiger charge is -2.34. The van der Waals surface area contributed by atoms with Crippen LogP contribution in [0.25, 0.3) is 10.9 Å². The molecule has 4 rings (SSSR count). The van der Waals surface area contributed by atoms with E-state index >= 15 is 0 Å². The molecule has 0 unspecified atom stereocenters. The van der Waals surface area contributed by atoms with Crippen molar-refractivity contribution in [3.63, 3.8) is 0 Å². The van der Waals surface area contributed by atoms with E-state index in [1.807, 2.05) is 11.0 Å². The third-order valence-electron chi connectivity index (χ3n) is 4.99. The van der Waals surface area contributed by atoms with Crippen LogP contribution >= 0.6 is 11.6 Å². The average Bonchev–Trinajstić information content (AvgIpc) is 3.13. The Morgan fingerprint density at radius 3 is 2.67 bits per heavy atom. The predicted octanol–water partition coefficient (Wildman–Crippen LogP) is 4.28. The van der Waals surface area contributed by atoms with Crippen molar-refractivity contribution in [3.05, 3.63) is 53.3 Å². The van der Waals surface area contributed by atoms with E-state index in [0.717, 1.165) is 29.6 Å². The number of hydrogen-bond donors (Lipinski definition) is 2. The second kappa shape index (κ2) is 7.40. The third-order valence-corrected chi connectivity index (χ3v) is 5.24. The lowest BCUT2D eigenvalue weighted by Crippen LogP contribution is -2.43. The molecule has 0 spiro atoms. The van der Waals surface area contributed by atoms with Crippen molar-refractivity contribution in [1.29, 1.82) is 0 Å². The van der Waals surface area contributed by atoms with Crippen molar-refractivity contribution in [2.75, 3.05) is 25.0 Å². The largest absolute Gasteiger partial charge is 0.367 e. The first kappa shape index (κ1) is 18.1. The number of hydrogen-bond acceptors (Lipinski definition) is 4. The van der Waals surface area contributed by atoms with Gasteiger partial charge in [0.25, 0.3) is 5.92 Å². The molecule has 0 saturated carbocycles. The molecule has 8 heteroatoms. The minimum Gasteiger partial charge on any atom is -0.367 e. The van der Waals surface area contributed by atoms with Gasteiger partial charge in [-0.1, -0.05) is 23.7 Å². The molecule has 27 heavy (non-hydrogen) atoms. The minimum atomic E-state index is -2.89. The van der Waals surface area contributed by atoms with Gasteiger partial charge in [0, 0.05) is 35.9 Å². The van der Waals surface area contributed by atoms with Crippen LogP contribution in [0.15, 0.2) is 42.7 Å². The molecule has 0 radical (unpaired) electrons. The van der Waals surface area contributed by atoms with Crippen LogP contribution in [0.5, 0.6) is 0 Å². The Hall–Kier alpha value is -2.25. The zero-order valence-electron chi connectivity index (χ0n) is 14.6. The Bertz CT molecular complexity index is 904. The van der Waals surface area contributed by atoms with Crippen LogP contribution in [-0.2, 0) is 5.92 Å². The Morgan fingerprint density at radius 2 is 1.93 bits per heavy atom. The number of anilines is 1. The summed E-state index contributed by atoms with van der Waals surface area (Å²) in [7, 11) is 0. The van der Waals surface area contributed by atoms with Crippen LogP contribution in [-0.4, -0.2) is 45.8 Å². The Balaban J connectivity index is 1.35. The molecule has 1 aromatic carbocycles. The first-order valence-electron chi connectivity index (χ1n) is 8.92. The molecule has 3 heterocycles. The lowest BCUT2D eigenvalue weighted by molar-refractivity contribution is -0.0421. The van der Waals surface area contributed by atoms with E-state index < -0.39 is 5.92 Å². The van der Waals surface area contributed by atoms with E-state index in [2.05, 4.69) is 20.5 Å². The van der Waals surface area contributed by atoms with E-state index in [0.29, 0.717) is 18.1 Å². The summed E-state index contributed by atoms with van der Waals surface area (Å²) in [5.41, 5.74) is 0.926. The highest BCUT2D eigenvalue weighted by Gasteiger charge is 2.35. The van der Waals surface area contributed by atoms with Crippen LogP contribution < -0.4 is 5.32 Å². The van der Waals surface area contributed by atoms with Crippen molar-refractivity contribution in [1.82, 2.24) is 20.1 Å². The summed E-state index contributed by atoms with van der Waals surface area (Å²) in [6.07, 6.45) is 5.04. The third kappa shape index (κ3) is 4.04. The molecule has 142 valence electrons. The highest BCUT2D eigenvalue weighted by molar-refractivity contribution is 6.30. The molecule has 1 aliphatic heterocycles. The standard InChI is InChI=1S/C19H20ClF2N5/c20-14-3-1-13(2-4-14)19(21,22)12-27-9-6-15(7-10-27)25-18-16-11-24-26-17(16)5-8-23-18/h1-5,8,11,15H,6-7,9-10,12H2,(H,23,25)(H,24,26). The number of piperidine rings is 1. The molecule has 0 amide bonds. The molecule has 3 aromatic rings. The lowest BCUT2D eigenvalue weighted by atomic mass is 10.0. The number of likely N-dealkylation sites (tertiary alicyclic amines) is 1. The van der Waals surface area contributed by atoms with Crippen molar-refractivity contribution < 1.29 is 8.78 Å². The van der Waals surface area contributed by atoms with Crippen LogP contribution in [0.3, 0.4) is 0 Å². The molecule has 2 N–H and O–H groups in total. The predicted molar refractivity (Wildman–Crippen MR) is 102 cm³/mol. The summed E-state index contributed by atoms with van der Waals surface area (Å²) in [6, 6.07) is 7.88. The fraction of sp³-hybridized carbons (Fsp3) is 0.368. The summed E-state index contributed by atoms with van der Waals surface area (Å²) in [6.45, 7) is 0.946. The van der Waals surface area contributed by atoms with Gasteiger partial charge >= 0.3 is 0 Å². The van der Waals surface area contributed by atoms with Gasteiger partial charge in [-0.25, -0.2) is 4.98 Å². The smallest absolute Gasteiger partial charge is 0.285 e. The second-order valence-corrected chi connectivity index (χ2v) is 7.33. The number of nitrogens with one attached hydrogen (secondary N) is 2. The normalized spacial score (nSPS) is 16.7. The minimum absolute atomic E-state index is 0.00276. The number of alkyl halides is 2. The fourth-order valence-electron chi connectivity index (χ4n) is 3.48. The molecular weight excluding hydrogens is 372 g/mol. The van der Waals surface area contributed by atoms with Crippen LogP contribution in [0.4, 0.5) is 14.6 Å². The number of pyridine rings is 1. The highest BCUT2D eigenvalue weighted by Crippen LogP contribution is 2.31. The number of nitrogens with zero attached hydrogens (tertiary/aromatic N) is 3. The van der Waals surface area contributed by atoms with E-state index in [4.69, 9.17) is 11.6 Å². The van der Waals surface area contributed by atoms with Gasteiger partial charge < -0.3 is 5.32 Å². The summed E-state index contributed by atoms with van der Waals surface area (Å²) in [4.78, 5) is 6.20. The Morgan fingerprint density at radius 1 is 1.19 bits per heavy atom. The summed E-state index contributed by atoms with van der Waals surface area (Å²) < 4.78 is 29.1. The van der Waals surface area contributed by atoms with E-state index in [-0.39, 0.29) is 18.2 Å². The number of benzene rings is 1. The molecule has 2 aromatic heterocycles. The highest BCUT2D eigenvalue weighted by atomic mass is 35.5. The van der Waals surface area contributed by atoms with Gasteiger partial charge in [-0.2, -0.15) is 13.9 Å². The zero-order chi connectivity index (χ0) is 18.9. The summed E-state index contributed by atoms with van der Waals surface area (Å²) in [5.74, 6) is -2.11. The van der Waals surface area contributed by atoms with Gasteiger partial charge in [0.15, 0.2) is 0 Å². The first-order valence-corrected chi connectivity index (χ1v) is 9.30. The fourth-order valence-corrected chi connectivity index (χ4v) is 3.60. The number of fused-ring (bicyclic) bond motifs is 1. The van der Waals surface area contributed by atoms with Crippen LogP contribution in [0, 0.1) is 0 Å². The van der Waals surface area contributed by atoms with Crippen molar-refractivity contribution in [2.45, 2.75) is 24.8 Å². The Labute approximate surface area is 160 Å². The Kier molecular flexibility index (Phi) is 4.97. The van der Waals surface area contributed by atoms with Gasteiger partial charge in [0.2, 0.25) is 0 Å². The molecule has 1 saturated heterocycles. The van der Waals surface area contributed by atoms with Crippen LogP contribution in [0.2, 0.25) is 5.02 Å². The molecular formula is C19H20ClF2N5. The molecule has 0 aliphatic carbocycles. The van der Waals surface area contributed by atoms with E-state index in [9.17, 15) is 8.78 Å². The van der Waals surface area contributed by atoms with Gasteiger partial charge in [0.1, 0.15) is 5.82 Å². The maximum atomic E-state index is 14.5. The van der Waals surface area contributed by atoms with Gasteiger partial charge in [-0.05, 0) is 31.0 Å². The van der Waals surface area contributed by atoms with E-state index in [1.54, 1.807) is 12.4 Å². The molecule has 0 bridgehead atoms. The van der Waals surface area contributed by atoms with Gasteiger partial charge in [0.05, 0.1) is 23.6 Å². The van der Waals surface area contributed by atoms with Crippen molar-refractivity contribution in [2.24, 2.45) is 0 Å². The van der Waals surface area contributed by atoms with Crippen LogP contribution in [0.1, 0.15) is 18.4 Å². The number of aromatic amines is 1. The SMILES string of the molecule is FC(F)(CN1CCC(Nc2nccc3[nH]ncc23)CC1)c1ccc(Cl)cc1. The van der Waals surface area contributed by atoms with Crippen molar-refractivity contribution >= 4 is 28.3 Å². The molecule has 0 atom stereocenters. The van der Waals surface area contributed by atoms with E-state index in [1.165, 1.54) is 24.3 Å². The van der Waals surface area contributed by atoms with Gasteiger partial charge in [-0.3, -0.25) is 10.00 Å². The quantitative estimate of drug-likeness (QED) is 0.681. The second-order valence-electron chi connectivity index (χ2n) is 6.90. The number of aromatic nitrogens is 3. The number of rotatable bonds is 5. The van der Waals surface area contributed by atoms with Crippen molar-refractivity contribution in [3.8, 4) is 0 Å². The van der Waals surface area contributed by atoms with Gasteiger partial charge in [-0.15, -0.1) is 0 Å². The first-order chi connectivity index (χ1) is 13.0. The summed E-state index contributed by atoms with van der Waals surface area (Å²) >= 11 is 5.79. The maximum Gasteiger partial charge on any atom is 0.285 e. The number of halogens is 3. The summed E-state index contributed by atoms with van der Waals surface area (Å²) in [5, 5.41) is 11.8. The molecule has 5 nitrogen and oxygen atoms in total. The molecule has 1 aliphatic rings. The monoisotopic (exact) mass is 391 g/mol. The number of H-pyrrole nitrogens is 1. The average molecular weight is 392 g/mol. The zero-order valence-corrected chi connectivity index (χ0v) is 15.4. The maximum absolute atomic E-state index is 14.5.